The van der Waals surface area contributed by atoms with Crippen LogP contribution < -0.4 is 0 Å². The first-order valence-electron chi connectivity index (χ1n) is 9.23. The molecule has 4 heterocycles. The number of amides is 1. The number of nitrogens with zero attached hydrogens (tertiary/aromatic N) is 6. The van der Waals surface area contributed by atoms with Gasteiger partial charge in [-0.1, -0.05) is 5.16 Å². The molecule has 140 valence electrons. The number of carbonyl (C=O) groups excluding carboxylic acids is 1. The summed E-state index contributed by atoms with van der Waals surface area (Å²) in [7, 11) is 0. The van der Waals surface area contributed by atoms with E-state index in [0.29, 0.717) is 23.8 Å². The fourth-order valence-electron chi connectivity index (χ4n) is 3.44. The summed E-state index contributed by atoms with van der Waals surface area (Å²) in [5.74, 6) is 1.17. The Kier molecular flexibility index (Phi) is 4.70. The molecule has 3 aromatic heterocycles. The normalized spacial score (nSPS) is 17.3. The first-order valence-corrected chi connectivity index (χ1v) is 9.23. The number of hydrogen-bond donors (Lipinski definition) is 0. The lowest BCUT2D eigenvalue weighted by molar-refractivity contribution is 0.0695. The smallest absolute Gasteiger partial charge is 0.257 e. The summed E-state index contributed by atoms with van der Waals surface area (Å²) in [6.07, 6.45) is 7.07. The molecule has 4 rings (SSSR count). The molecule has 3 aromatic rings. The van der Waals surface area contributed by atoms with Crippen LogP contribution in [0.5, 0.6) is 0 Å². The van der Waals surface area contributed by atoms with Crippen LogP contribution in [-0.4, -0.2) is 48.8 Å². The lowest BCUT2D eigenvalue weighted by Crippen LogP contribution is -2.39. The summed E-state index contributed by atoms with van der Waals surface area (Å²) in [6.45, 7) is 5.93. The molecule has 0 N–H and O–H groups in total. The molecule has 8 nitrogen and oxygen atoms in total. The molecule has 1 aliphatic rings. The third-order valence-electron chi connectivity index (χ3n) is 4.92. The summed E-state index contributed by atoms with van der Waals surface area (Å²) in [6, 6.07) is 3.73. The van der Waals surface area contributed by atoms with Gasteiger partial charge >= 0.3 is 0 Å². The van der Waals surface area contributed by atoms with Crippen molar-refractivity contribution in [2.75, 3.05) is 13.1 Å². The van der Waals surface area contributed by atoms with E-state index in [1.807, 2.05) is 37.1 Å². The SMILES string of the molecule is CCn1cc(C(=O)N2CCC[C@@H](c3nc(-c4cccnc4)no3)C2)c(C)n1. The molecule has 1 fully saturated rings. The fraction of sp³-hybridized carbons (Fsp3) is 0.421. The van der Waals surface area contributed by atoms with Crippen LogP contribution in [0.1, 0.15) is 47.6 Å². The van der Waals surface area contributed by atoms with Crippen LogP contribution in [0.25, 0.3) is 11.4 Å². The Bertz CT molecular complexity index is 933. The Labute approximate surface area is 157 Å². The van der Waals surface area contributed by atoms with Gasteiger partial charge in [-0.3, -0.25) is 14.5 Å². The van der Waals surface area contributed by atoms with E-state index in [2.05, 4.69) is 20.2 Å². The topological polar surface area (TPSA) is 89.9 Å². The maximum absolute atomic E-state index is 13.0. The highest BCUT2D eigenvalue weighted by Crippen LogP contribution is 2.28. The van der Waals surface area contributed by atoms with Crippen molar-refractivity contribution in [3.63, 3.8) is 0 Å². The van der Waals surface area contributed by atoms with Gasteiger partial charge in [-0.15, -0.1) is 0 Å². The molecule has 0 aliphatic carbocycles. The van der Waals surface area contributed by atoms with E-state index in [0.717, 1.165) is 37.2 Å². The zero-order valence-electron chi connectivity index (χ0n) is 15.5. The molecular formula is C19H22N6O2. The highest BCUT2D eigenvalue weighted by molar-refractivity contribution is 5.95. The number of aryl methyl sites for hydroxylation is 2. The molecule has 1 amide bonds. The second kappa shape index (κ2) is 7.30. The summed E-state index contributed by atoms with van der Waals surface area (Å²) in [5.41, 5.74) is 2.25. The second-order valence-electron chi connectivity index (χ2n) is 6.77. The van der Waals surface area contributed by atoms with Crippen molar-refractivity contribution in [2.24, 2.45) is 0 Å². The van der Waals surface area contributed by atoms with Gasteiger partial charge in [0.05, 0.1) is 17.2 Å². The van der Waals surface area contributed by atoms with Gasteiger partial charge in [-0.25, -0.2) is 0 Å². The molecule has 0 spiro atoms. The average molecular weight is 366 g/mol. The summed E-state index contributed by atoms with van der Waals surface area (Å²) in [4.78, 5) is 23.4. The van der Waals surface area contributed by atoms with Gasteiger partial charge in [0.15, 0.2) is 0 Å². The summed E-state index contributed by atoms with van der Waals surface area (Å²) < 4.78 is 7.29. The molecule has 0 aromatic carbocycles. The summed E-state index contributed by atoms with van der Waals surface area (Å²) >= 11 is 0. The van der Waals surface area contributed by atoms with E-state index in [1.165, 1.54) is 0 Å². The first-order chi connectivity index (χ1) is 13.2. The Morgan fingerprint density at radius 1 is 1.41 bits per heavy atom. The van der Waals surface area contributed by atoms with Crippen molar-refractivity contribution < 1.29 is 9.32 Å². The molecule has 1 aliphatic heterocycles. The molecule has 0 radical (unpaired) electrons. The molecule has 0 bridgehead atoms. The average Bonchev–Trinajstić information content (AvgIpc) is 3.35. The van der Waals surface area contributed by atoms with Gasteiger partial charge < -0.3 is 9.42 Å². The zero-order valence-corrected chi connectivity index (χ0v) is 15.5. The van der Waals surface area contributed by atoms with Gasteiger partial charge in [-0.2, -0.15) is 10.1 Å². The molecule has 27 heavy (non-hydrogen) atoms. The van der Waals surface area contributed by atoms with Crippen molar-refractivity contribution in [1.29, 1.82) is 0 Å². The van der Waals surface area contributed by atoms with Crippen LogP contribution in [0.4, 0.5) is 0 Å². The van der Waals surface area contributed by atoms with E-state index in [9.17, 15) is 4.79 Å². The quantitative estimate of drug-likeness (QED) is 0.705. The van der Waals surface area contributed by atoms with E-state index >= 15 is 0 Å². The van der Waals surface area contributed by atoms with Crippen molar-refractivity contribution in [2.45, 2.75) is 39.2 Å². The van der Waals surface area contributed by atoms with Gasteiger partial charge in [-0.05, 0) is 38.8 Å². The second-order valence-corrected chi connectivity index (χ2v) is 6.77. The number of carbonyl (C=O) groups is 1. The number of hydrogen-bond acceptors (Lipinski definition) is 6. The van der Waals surface area contributed by atoms with Gasteiger partial charge in [0.2, 0.25) is 11.7 Å². The van der Waals surface area contributed by atoms with Crippen molar-refractivity contribution >= 4 is 5.91 Å². The Balaban J connectivity index is 1.50. The minimum absolute atomic E-state index is 0.0175. The van der Waals surface area contributed by atoms with Crippen LogP contribution in [-0.2, 0) is 6.54 Å². The third-order valence-corrected chi connectivity index (χ3v) is 4.92. The largest absolute Gasteiger partial charge is 0.339 e. The Hall–Kier alpha value is -3.03. The lowest BCUT2D eigenvalue weighted by Gasteiger charge is -2.30. The van der Waals surface area contributed by atoms with E-state index < -0.39 is 0 Å². The van der Waals surface area contributed by atoms with Gasteiger partial charge in [0.25, 0.3) is 5.91 Å². The van der Waals surface area contributed by atoms with Crippen molar-refractivity contribution in [3.05, 3.63) is 47.9 Å². The van der Waals surface area contributed by atoms with Crippen LogP contribution in [0.3, 0.4) is 0 Å². The number of likely N-dealkylation sites (tertiary alicyclic amines) is 1. The van der Waals surface area contributed by atoms with E-state index in [-0.39, 0.29) is 11.8 Å². The molecular weight excluding hydrogens is 344 g/mol. The molecule has 1 saturated heterocycles. The predicted octanol–water partition coefficient (Wildman–Crippen LogP) is 2.68. The maximum atomic E-state index is 13.0. The number of aromatic nitrogens is 5. The minimum Gasteiger partial charge on any atom is -0.339 e. The minimum atomic E-state index is 0.0175. The predicted molar refractivity (Wildman–Crippen MR) is 98.0 cm³/mol. The van der Waals surface area contributed by atoms with E-state index in [1.54, 1.807) is 17.1 Å². The first kappa shape index (κ1) is 17.4. The standard InChI is InChI=1S/C19H22N6O2/c1-3-25-12-16(13(2)22-25)19(26)24-9-5-7-15(11-24)18-21-17(23-27-18)14-6-4-8-20-10-14/h4,6,8,10,12,15H,3,5,7,9,11H2,1-2H3/t15-/m1/s1. The molecule has 0 saturated carbocycles. The number of pyridine rings is 1. The highest BCUT2D eigenvalue weighted by atomic mass is 16.5. The zero-order chi connectivity index (χ0) is 18.8. The van der Waals surface area contributed by atoms with Crippen LogP contribution >= 0.6 is 0 Å². The number of rotatable bonds is 4. The molecule has 8 heteroatoms. The van der Waals surface area contributed by atoms with Crippen LogP contribution in [0, 0.1) is 6.92 Å². The molecule has 1 atom stereocenters. The Morgan fingerprint density at radius 3 is 3.04 bits per heavy atom. The third kappa shape index (κ3) is 3.47. The molecule has 0 unspecified atom stereocenters. The van der Waals surface area contributed by atoms with Crippen LogP contribution in [0.2, 0.25) is 0 Å². The van der Waals surface area contributed by atoms with Crippen molar-refractivity contribution in [1.82, 2.24) is 29.8 Å². The number of piperidine rings is 1. The van der Waals surface area contributed by atoms with Crippen molar-refractivity contribution in [3.8, 4) is 11.4 Å². The summed E-state index contributed by atoms with van der Waals surface area (Å²) in [5, 5.41) is 8.46. The highest BCUT2D eigenvalue weighted by Gasteiger charge is 2.30. The lowest BCUT2D eigenvalue weighted by atomic mass is 9.97. The maximum Gasteiger partial charge on any atom is 0.257 e. The fourth-order valence-corrected chi connectivity index (χ4v) is 3.44. The monoisotopic (exact) mass is 366 g/mol. The van der Waals surface area contributed by atoms with Crippen LogP contribution in [0.15, 0.2) is 35.2 Å². The Morgan fingerprint density at radius 2 is 2.30 bits per heavy atom. The van der Waals surface area contributed by atoms with E-state index in [4.69, 9.17) is 4.52 Å². The van der Waals surface area contributed by atoms with Gasteiger partial charge in [0, 0.05) is 43.8 Å². The van der Waals surface area contributed by atoms with Gasteiger partial charge in [0.1, 0.15) is 0 Å².